The zero-order valence-corrected chi connectivity index (χ0v) is 13.3. The van der Waals surface area contributed by atoms with E-state index in [1.54, 1.807) is 31.5 Å². The molecule has 2 aromatic rings. The number of sulfonamides is 1. The molecule has 0 spiro atoms. The second kappa shape index (κ2) is 6.88. The van der Waals surface area contributed by atoms with Gasteiger partial charge in [-0.05, 0) is 31.2 Å². The largest absolute Gasteiger partial charge is 0.491 e. The first-order chi connectivity index (χ1) is 10.0. The Kier molecular flexibility index (Phi) is 5.16. The van der Waals surface area contributed by atoms with Crippen LogP contribution < -0.4 is 9.46 Å². The molecule has 1 N–H and O–H groups in total. The van der Waals surface area contributed by atoms with E-state index in [0.29, 0.717) is 24.1 Å². The van der Waals surface area contributed by atoms with Crippen molar-refractivity contribution in [2.24, 2.45) is 0 Å². The normalized spacial score (nSPS) is 11.3. The number of nitrogens with zero attached hydrogens (tertiary/aromatic N) is 1. The van der Waals surface area contributed by atoms with Gasteiger partial charge in [-0.1, -0.05) is 0 Å². The highest BCUT2D eigenvalue weighted by Gasteiger charge is 2.15. The maximum atomic E-state index is 12.2. The fraction of sp³-hybridized carbons (Fsp3) is 0.308. The number of benzene rings is 1. The number of rotatable bonds is 7. The quantitative estimate of drug-likeness (QED) is 0.789. The maximum absolute atomic E-state index is 12.2. The van der Waals surface area contributed by atoms with Gasteiger partial charge in [0, 0.05) is 12.5 Å². The molecule has 0 amide bonds. The molecule has 0 aliphatic heterocycles. The minimum atomic E-state index is -3.62. The summed E-state index contributed by atoms with van der Waals surface area (Å²) in [6, 6.07) is 6.20. The number of hydrogen-bond donors (Lipinski definition) is 1. The third-order valence-electron chi connectivity index (χ3n) is 2.53. The van der Waals surface area contributed by atoms with Crippen molar-refractivity contribution in [1.29, 1.82) is 0 Å². The van der Waals surface area contributed by atoms with E-state index in [9.17, 15) is 8.42 Å². The summed E-state index contributed by atoms with van der Waals surface area (Å²) in [7, 11) is -2.04. The Morgan fingerprint density at radius 3 is 2.52 bits per heavy atom. The molecule has 0 radical (unpaired) electrons. The number of anilines is 1. The van der Waals surface area contributed by atoms with Crippen LogP contribution in [0.4, 0.5) is 5.13 Å². The molecule has 6 nitrogen and oxygen atoms in total. The Balaban J connectivity index is 2.06. The lowest BCUT2D eigenvalue weighted by molar-refractivity contribution is 0.146. The molecule has 0 atom stereocenters. The molecule has 0 aliphatic carbocycles. The summed E-state index contributed by atoms with van der Waals surface area (Å²) in [5.74, 6) is 0.594. The summed E-state index contributed by atoms with van der Waals surface area (Å²) < 4.78 is 37.1. The molecule has 1 heterocycles. The van der Waals surface area contributed by atoms with Crippen molar-refractivity contribution < 1.29 is 17.9 Å². The van der Waals surface area contributed by atoms with E-state index in [1.165, 1.54) is 23.5 Å². The molecular weight excluding hydrogens is 312 g/mol. The summed E-state index contributed by atoms with van der Waals surface area (Å²) in [5.41, 5.74) is 0.777. The van der Waals surface area contributed by atoms with Crippen molar-refractivity contribution in [1.82, 2.24) is 4.98 Å². The molecular formula is C13H16N2O4S2. The lowest BCUT2D eigenvalue weighted by Gasteiger charge is -2.08. The molecule has 0 saturated carbocycles. The van der Waals surface area contributed by atoms with Crippen molar-refractivity contribution in [2.75, 3.05) is 25.0 Å². The number of aryl methyl sites for hydroxylation is 1. The number of hydrogen-bond acceptors (Lipinski definition) is 6. The van der Waals surface area contributed by atoms with Crippen molar-refractivity contribution in [3.8, 4) is 5.75 Å². The van der Waals surface area contributed by atoms with Crippen molar-refractivity contribution >= 4 is 26.5 Å². The lowest BCUT2D eigenvalue weighted by atomic mass is 10.3. The van der Waals surface area contributed by atoms with Crippen LogP contribution in [0, 0.1) is 6.92 Å². The van der Waals surface area contributed by atoms with Crippen molar-refractivity contribution in [2.45, 2.75) is 11.8 Å². The minimum absolute atomic E-state index is 0.162. The van der Waals surface area contributed by atoms with E-state index in [0.717, 1.165) is 5.69 Å². The summed E-state index contributed by atoms with van der Waals surface area (Å²) >= 11 is 1.25. The van der Waals surface area contributed by atoms with Crippen LogP contribution in [0.3, 0.4) is 0 Å². The third kappa shape index (κ3) is 4.42. The molecule has 8 heteroatoms. The van der Waals surface area contributed by atoms with E-state index >= 15 is 0 Å². The fourth-order valence-electron chi connectivity index (χ4n) is 1.53. The number of thiazole rings is 1. The van der Waals surface area contributed by atoms with Crippen molar-refractivity contribution in [3.05, 3.63) is 35.3 Å². The Bertz CT molecular complexity index is 680. The van der Waals surface area contributed by atoms with E-state index in [4.69, 9.17) is 9.47 Å². The Hall–Kier alpha value is -1.64. The SMILES string of the molecule is COCCOc1ccc(S(=O)(=O)Nc2nc(C)cs2)cc1. The summed E-state index contributed by atoms with van der Waals surface area (Å²) in [6.07, 6.45) is 0. The molecule has 0 aliphatic rings. The first kappa shape index (κ1) is 15.7. The number of aromatic nitrogens is 1. The average molecular weight is 328 g/mol. The Labute approximate surface area is 127 Å². The first-order valence-electron chi connectivity index (χ1n) is 6.18. The molecule has 21 heavy (non-hydrogen) atoms. The van der Waals surface area contributed by atoms with E-state index < -0.39 is 10.0 Å². The molecule has 2 rings (SSSR count). The zero-order chi connectivity index (χ0) is 15.3. The van der Waals surface area contributed by atoms with Gasteiger partial charge >= 0.3 is 0 Å². The third-order valence-corrected chi connectivity index (χ3v) is 4.89. The Morgan fingerprint density at radius 2 is 1.95 bits per heavy atom. The van der Waals surface area contributed by atoms with Gasteiger partial charge in [-0.3, -0.25) is 4.72 Å². The van der Waals surface area contributed by atoms with Gasteiger partial charge in [0.1, 0.15) is 12.4 Å². The van der Waals surface area contributed by atoms with Crippen LogP contribution >= 0.6 is 11.3 Å². The van der Waals surface area contributed by atoms with Gasteiger partial charge in [-0.25, -0.2) is 13.4 Å². The van der Waals surface area contributed by atoms with Gasteiger partial charge in [-0.15, -0.1) is 11.3 Å². The highest BCUT2D eigenvalue weighted by molar-refractivity contribution is 7.93. The zero-order valence-electron chi connectivity index (χ0n) is 11.7. The fourth-order valence-corrected chi connectivity index (χ4v) is 3.47. The van der Waals surface area contributed by atoms with Gasteiger partial charge in [0.25, 0.3) is 10.0 Å². The molecule has 0 bridgehead atoms. The molecule has 1 aromatic heterocycles. The van der Waals surface area contributed by atoms with Crippen LogP contribution in [0.1, 0.15) is 5.69 Å². The molecule has 0 fully saturated rings. The van der Waals surface area contributed by atoms with Gasteiger partial charge in [0.05, 0.1) is 17.2 Å². The minimum Gasteiger partial charge on any atom is -0.491 e. The monoisotopic (exact) mass is 328 g/mol. The lowest BCUT2D eigenvalue weighted by Crippen LogP contribution is -2.12. The van der Waals surface area contributed by atoms with Gasteiger partial charge in [-0.2, -0.15) is 0 Å². The van der Waals surface area contributed by atoms with Gasteiger partial charge < -0.3 is 9.47 Å². The summed E-state index contributed by atoms with van der Waals surface area (Å²) in [5, 5.41) is 2.14. The van der Waals surface area contributed by atoms with Crippen LogP contribution in [0.25, 0.3) is 0 Å². The van der Waals surface area contributed by atoms with Crippen LogP contribution in [0.15, 0.2) is 34.5 Å². The molecule has 0 unspecified atom stereocenters. The maximum Gasteiger partial charge on any atom is 0.263 e. The van der Waals surface area contributed by atoms with Crippen LogP contribution in [-0.4, -0.2) is 33.7 Å². The predicted octanol–water partition coefficient (Wildman–Crippen LogP) is 2.28. The number of nitrogens with one attached hydrogen (secondary N) is 1. The van der Waals surface area contributed by atoms with Gasteiger partial charge in [0.2, 0.25) is 0 Å². The molecule has 1 aromatic carbocycles. The predicted molar refractivity (Wildman–Crippen MR) is 81.5 cm³/mol. The molecule has 0 saturated heterocycles. The van der Waals surface area contributed by atoms with Crippen LogP contribution in [0.2, 0.25) is 0 Å². The van der Waals surface area contributed by atoms with E-state index in [1.807, 2.05) is 0 Å². The summed E-state index contributed by atoms with van der Waals surface area (Å²) in [4.78, 5) is 4.24. The topological polar surface area (TPSA) is 77.5 Å². The first-order valence-corrected chi connectivity index (χ1v) is 8.54. The highest BCUT2D eigenvalue weighted by atomic mass is 32.2. The molecule has 114 valence electrons. The van der Waals surface area contributed by atoms with Crippen LogP contribution in [-0.2, 0) is 14.8 Å². The van der Waals surface area contributed by atoms with Gasteiger partial charge in [0.15, 0.2) is 5.13 Å². The number of ether oxygens (including phenoxy) is 2. The highest BCUT2D eigenvalue weighted by Crippen LogP contribution is 2.21. The summed E-state index contributed by atoms with van der Waals surface area (Å²) in [6.45, 7) is 2.70. The number of methoxy groups -OCH3 is 1. The smallest absolute Gasteiger partial charge is 0.263 e. The van der Waals surface area contributed by atoms with Crippen molar-refractivity contribution in [3.63, 3.8) is 0 Å². The van der Waals surface area contributed by atoms with E-state index in [-0.39, 0.29) is 4.90 Å². The van der Waals surface area contributed by atoms with E-state index in [2.05, 4.69) is 9.71 Å². The average Bonchev–Trinajstić information content (AvgIpc) is 2.84. The second-order valence-corrected chi connectivity index (χ2v) is 6.75. The standard InChI is InChI=1S/C13H16N2O4S2/c1-10-9-20-13(14-10)15-21(16,17)12-5-3-11(4-6-12)19-8-7-18-2/h3-6,9H,7-8H2,1-2H3,(H,14,15). The van der Waals surface area contributed by atoms with Crippen LogP contribution in [0.5, 0.6) is 5.75 Å². The second-order valence-electron chi connectivity index (χ2n) is 4.21. The Morgan fingerprint density at radius 1 is 1.24 bits per heavy atom.